The second kappa shape index (κ2) is 14.0. The van der Waals surface area contributed by atoms with Crippen LogP contribution in [-0.4, -0.2) is 38.7 Å². The Morgan fingerprint density at radius 3 is 2.52 bits per heavy atom. The Balaban J connectivity index is 2.39. The van der Waals surface area contributed by atoms with Crippen LogP contribution in [0, 0.1) is 6.92 Å². The number of hydrogen-bond acceptors (Lipinski definition) is 5. The summed E-state index contributed by atoms with van der Waals surface area (Å²) >= 11 is 6.64. The van der Waals surface area contributed by atoms with E-state index < -0.39 is 0 Å². The van der Waals surface area contributed by atoms with Gasteiger partial charge < -0.3 is 19.0 Å². The van der Waals surface area contributed by atoms with Gasteiger partial charge in [-0.3, -0.25) is 0 Å². The van der Waals surface area contributed by atoms with Crippen LogP contribution in [0.2, 0.25) is 0 Å². The van der Waals surface area contributed by atoms with Crippen molar-refractivity contribution < 1.29 is 19.0 Å². The summed E-state index contributed by atoms with van der Waals surface area (Å²) in [6, 6.07) is 4.05. The van der Waals surface area contributed by atoms with Crippen LogP contribution in [0.5, 0.6) is 11.5 Å². The zero-order valence-corrected chi connectivity index (χ0v) is 19.7. The Kier molecular flexibility index (Phi) is 12.5. The standard InChI is InChI=1S/C20H29Br2NO4/c1-5-17-14-18(25-10-7-19(21)22)13-16(4)20(17)26-9-6-8-24-11-12-27-23-15(2)3/h7,13-14H,5-6,8-12H2,1-4H3. The molecule has 0 aliphatic rings. The van der Waals surface area contributed by atoms with E-state index in [1.54, 1.807) is 0 Å². The van der Waals surface area contributed by atoms with Crippen LogP contribution in [0.25, 0.3) is 0 Å². The maximum Gasteiger partial charge on any atom is 0.140 e. The zero-order chi connectivity index (χ0) is 20.1. The summed E-state index contributed by atoms with van der Waals surface area (Å²) in [5, 5.41) is 3.86. The highest BCUT2D eigenvalue weighted by Gasteiger charge is 2.09. The van der Waals surface area contributed by atoms with Gasteiger partial charge in [0.05, 0.1) is 22.3 Å². The van der Waals surface area contributed by atoms with Crippen LogP contribution in [0.3, 0.4) is 0 Å². The highest BCUT2D eigenvalue weighted by Crippen LogP contribution is 2.30. The van der Waals surface area contributed by atoms with Gasteiger partial charge in [0.25, 0.3) is 0 Å². The zero-order valence-electron chi connectivity index (χ0n) is 16.5. The molecule has 0 aliphatic heterocycles. The first-order valence-corrected chi connectivity index (χ1v) is 10.6. The maximum absolute atomic E-state index is 6.00. The van der Waals surface area contributed by atoms with Gasteiger partial charge in [-0.1, -0.05) is 12.1 Å². The van der Waals surface area contributed by atoms with Gasteiger partial charge in [-0.15, -0.1) is 0 Å². The van der Waals surface area contributed by atoms with Crippen molar-refractivity contribution in [2.24, 2.45) is 5.16 Å². The lowest BCUT2D eigenvalue weighted by Crippen LogP contribution is -2.08. The summed E-state index contributed by atoms with van der Waals surface area (Å²) < 4.78 is 18.2. The highest BCUT2D eigenvalue weighted by atomic mass is 79.9. The molecule has 0 amide bonds. The van der Waals surface area contributed by atoms with Crippen molar-refractivity contribution in [2.45, 2.75) is 40.5 Å². The summed E-state index contributed by atoms with van der Waals surface area (Å²) in [6.07, 6.45) is 3.61. The van der Waals surface area contributed by atoms with Crippen LogP contribution in [-0.2, 0) is 16.0 Å². The molecule has 0 aliphatic carbocycles. The van der Waals surface area contributed by atoms with Crippen LogP contribution >= 0.6 is 31.9 Å². The first-order chi connectivity index (χ1) is 12.9. The van der Waals surface area contributed by atoms with E-state index in [-0.39, 0.29) is 0 Å². The molecule has 0 atom stereocenters. The fourth-order valence-electron chi connectivity index (χ4n) is 2.27. The molecule has 7 heteroatoms. The normalized spacial score (nSPS) is 10.3. The van der Waals surface area contributed by atoms with Gasteiger partial charge in [0.1, 0.15) is 24.7 Å². The molecule has 0 saturated carbocycles. The third-order valence-corrected chi connectivity index (χ3v) is 4.09. The lowest BCUT2D eigenvalue weighted by molar-refractivity contribution is 0.0461. The molecule has 1 aromatic carbocycles. The van der Waals surface area contributed by atoms with E-state index in [1.165, 1.54) is 0 Å². The summed E-state index contributed by atoms with van der Waals surface area (Å²) in [5.41, 5.74) is 3.12. The van der Waals surface area contributed by atoms with Gasteiger partial charge >= 0.3 is 0 Å². The van der Waals surface area contributed by atoms with Crippen molar-refractivity contribution in [3.8, 4) is 11.5 Å². The van der Waals surface area contributed by atoms with E-state index in [9.17, 15) is 0 Å². The molecule has 27 heavy (non-hydrogen) atoms. The van der Waals surface area contributed by atoms with E-state index in [0.29, 0.717) is 33.0 Å². The molecule has 1 aromatic rings. The molecule has 5 nitrogen and oxygen atoms in total. The smallest absolute Gasteiger partial charge is 0.140 e. The minimum atomic E-state index is 0.466. The fourth-order valence-corrected chi connectivity index (χ4v) is 2.54. The van der Waals surface area contributed by atoms with Gasteiger partial charge in [-0.25, -0.2) is 0 Å². The highest BCUT2D eigenvalue weighted by molar-refractivity contribution is 9.28. The summed E-state index contributed by atoms with van der Waals surface area (Å²) in [7, 11) is 0. The average Bonchev–Trinajstić information content (AvgIpc) is 2.60. The molecule has 0 saturated heterocycles. The monoisotopic (exact) mass is 505 g/mol. The lowest BCUT2D eigenvalue weighted by Gasteiger charge is -2.15. The number of hydrogen-bond donors (Lipinski definition) is 0. The van der Waals surface area contributed by atoms with E-state index >= 15 is 0 Å². The van der Waals surface area contributed by atoms with Crippen LogP contribution < -0.4 is 9.47 Å². The Morgan fingerprint density at radius 2 is 1.85 bits per heavy atom. The predicted molar refractivity (Wildman–Crippen MR) is 118 cm³/mol. The van der Waals surface area contributed by atoms with Gasteiger partial charge in [0, 0.05) is 13.0 Å². The van der Waals surface area contributed by atoms with Crippen LogP contribution in [0.15, 0.2) is 26.8 Å². The largest absolute Gasteiger partial charge is 0.493 e. The van der Waals surface area contributed by atoms with E-state index in [4.69, 9.17) is 19.0 Å². The number of nitrogens with zero attached hydrogens (tertiary/aromatic N) is 1. The minimum Gasteiger partial charge on any atom is -0.493 e. The quantitative estimate of drug-likeness (QED) is 0.194. The Bertz CT molecular complexity index is 625. The minimum absolute atomic E-state index is 0.466. The van der Waals surface area contributed by atoms with Crippen molar-refractivity contribution in [1.82, 2.24) is 0 Å². The van der Waals surface area contributed by atoms with Gasteiger partial charge in [-0.2, -0.15) is 0 Å². The van der Waals surface area contributed by atoms with Crippen molar-refractivity contribution in [3.05, 3.63) is 32.7 Å². The van der Waals surface area contributed by atoms with Gasteiger partial charge in [-0.05, 0) is 88.4 Å². The first-order valence-electron chi connectivity index (χ1n) is 9.05. The molecule has 152 valence electrons. The summed E-state index contributed by atoms with van der Waals surface area (Å²) in [5.74, 6) is 1.79. The van der Waals surface area contributed by atoms with Crippen molar-refractivity contribution in [2.75, 3.05) is 33.0 Å². The molecule has 0 aromatic heterocycles. The maximum atomic E-state index is 6.00. The molecule has 0 radical (unpaired) electrons. The summed E-state index contributed by atoms with van der Waals surface area (Å²) in [6.45, 7) is 10.7. The molecule has 1 rings (SSSR count). The van der Waals surface area contributed by atoms with E-state index in [1.807, 2.05) is 39.0 Å². The number of oxime groups is 1. The Labute approximate surface area is 179 Å². The van der Waals surface area contributed by atoms with Gasteiger partial charge in [0.2, 0.25) is 0 Å². The molecule has 0 spiro atoms. The number of benzene rings is 1. The third-order valence-electron chi connectivity index (χ3n) is 3.44. The summed E-state index contributed by atoms with van der Waals surface area (Å²) in [4.78, 5) is 5.08. The lowest BCUT2D eigenvalue weighted by atomic mass is 10.1. The van der Waals surface area contributed by atoms with Crippen LogP contribution in [0.4, 0.5) is 0 Å². The molecule has 0 fully saturated rings. The molecular formula is C20H29Br2NO4. The van der Waals surface area contributed by atoms with Crippen molar-refractivity contribution >= 4 is 37.6 Å². The predicted octanol–water partition coefficient (Wildman–Crippen LogP) is 5.77. The average molecular weight is 507 g/mol. The molecule has 0 heterocycles. The second-order valence-electron chi connectivity index (χ2n) is 6.07. The Hall–Kier alpha value is -1.05. The van der Waals surface area contributed by atoms with Crippen molar-refractivity contribution in [3.63, 3.8) is 0 Å². The van der Waals surface area contributed by atoms with E-state index in [2.05, 4.69) is 43.9 Å². The first kappa shape index (κ1) is 24.0. The SMILES string of the molecule is CCc1cc(OCC=C(Br)Br)cc(C)c1OCCCOCCON=C(C)C. The fraction of sp³-hybridized carbons (Fsp3) is 0.550. The number of ether oxygens (including phenoxy) is 3. The van der Waals surface area contributed by atoms with E-state index in [0.717, 1.165) is 44.6 Å². The molecular weight excluding hydrogens is 478 g/mol. The second-order valence-corrected chi connectivity index (χ2v) is 8.85. The van der Waals surface area contributed by atoms with Crippen molar-refractivity contribution in [1.29, 1.82) is 0 Å². The number of aryl methyl sites for hydroxylation is 2. The van der Waals surface area contributed by atoms with Crippen LogP contribution in [0.1, 0.15) is 38.3 Å². The molecule has 0 N–H and O–H groups in total. The van der Waals surface area contributed by atoms with Gasteiger partial charge in [0.15, 0.2) is 0 Å². The number of rotatable bonds is 13. The third kappa shape index (κ3) is 10.8. The topological polar surface area (TPSA) is 49.3 Å². The molecule has 0 bridgehead atoms. The number of halogens is 2. The Morgan fingerprint density at radius 1 is 1.07 bits per heavy atom. The molecule has 0 unspecified atom stereocenters.